The van der Waals surface area contributed by atoms with Gasteiger partial charge in [-0.2, -0.15) is 0 Å². The number of carbonyl (C=O) groups is 1. The van der Waals surface area contributed by atoms with Crippen LogP contribution >= 0.6 is 0 Å². The minimum atomic E-state index is -0.603. The number of carbonyl (C=O) groups excluding carboxylic acids is 1. The minimum absolute atomic E-state index is 0.187. The molecular formula is C13H22O5. The Morgan fingerprint density at radius 1 is 1.28 bits per heavy atom. The van der Waals surface area contributed by atoms with Crippen molar-refractivity contribution < 1.29 is 24.1 Å². The molecule has 5 nitrogen and oxygen atoms in total. The lowest BCUT2D eigenvalue weighted by molar-refractivity contribution is -0.216. The lowest BCUT2D eigenvalue weighted by atomic mass is 9.85. The molecule has 1 heterocycles. The molecule has 104 valence electrons. The van der Waals surface area contributed by atoms with E-state index in [2.05, 4.69) is 0 Å². The highest BCUT2D eigenvalue weighted by atomic mass is 16.7. The van der Waals surface area contributed by atoms with Crippen LogP contribution < -0.4 is 0 Å². The lowest BCUT2D eigenvalue weighted by Crippen LogP contribution is -2.41. The predicted octanol–water partition coefficient (Wildman–Crippen LogP) is 1.23. The van der Waals surface area contributed by atoms with Crippen molar-refractivity contribution in [2.75, 3.05) is 13.7 Å². The number of ether oxygens (including phenoxy) is 3. The van der Waals surface area contributed by atoms with Gasteiger partial charge < -0.3 is 19.3 Å². The number of hydrogen-bond acceptors (Lipinski definition) is 5. The molecule has 0 radical (unpaired) electrons. The van der Waals surface area contributed by atoms with E-state index in [4.69, 9.17) is 14.2 Å². The average molecular weight is 258 g/mol. The quantitative estimate of drug-likeness (QED) is 0.771. The summed E-state index contributed by atoms with van der Waals surface area (Å²) in [5.74, 6) is -0.432. The molecule has 0 aromatic carbocycles. The van der Waals surface area contributed by atoms with Gasteiger partial charge in [-0.3, -0.25) is 4.79 Å². The van der Waals surface area contributed by atoms with Crippen molar-refractivity contribution in [2.24, 2.45) is 5.92 Å². The fraction of sp³-hybridized carbons (Fsp3) is 0.923. The van der Waals surface area contributed by atoms with Crippen LogP contribution in [0.15, 0.2) is 0 Å². The first-order valence-electron chi connectivity index (χ1n) is 6.73. The molecule has 1 aliphatic heterocycles. The Kier molecular flexibility index (Phi) is 4.97. The second-order valence-electron chi connectivity index (χ2n) is 5.07. The number of methoxy groups -OCH3 is 1. The average Bonchev–Trinajstić information content (AvgIpc) is 2.41. The van der Waals surface area contributed by atoms with Gasteiger partial charge >= 0.3 is 5.97 Å². The largest absolute Gasteiger partial charge is 0.469 e. The monoisotopic (exact) mass is 258 g/mol. The van der Waals surface area contributed by atoms with E-state index < -0.39 is 6.10 Å². The molecule has 0 amide bonds. The second-order valence-corrected chi connectivity index (χ2v) is 5.07. The molecule has 0 aromatic rings. The molecule has 18 heavy (non-hydrogen) atoms. The highest BCUT2D eigenvalue weighted by Gasteiger charge is 2.35. The van der Waals surface area contributed by atoms with Crippen LogP contribution in [0.2, 0.25) is 0 Å². The van der Waals surface area contributed by atoms with E-state index in [0.29, 0.717) is 19.3 Å². The number of hydrogen-bond donors (Lipinski definition) is 1. The summed E-state index contributed by atoms with van der Waals surface area (Å²) in [5, 5.41) is 10.0. The molecule has 1 N–H and O–H groups in total. The van der Waals surface area contributed by atoms with E-state index in [1.807, 2.05) is 0 Å². The summed E-state index contributed by atoms with van der Waals surface area (Å²) < 4.78 is 16.0. The molecule has 0 aromatic heterocycles. The van der Waals surface area contributed by atoms with Crippen LogP contribution in [-0.4, -0.2) is 43.3 Å². The molecule has 0 unspecified atom stereocenters. The van der Waals surface area contributed by atoms with Crippen molar-refractivity contribution >= 4 is 5.97 Å². The molecule has 2 aliphatic rings. The SMILES string of the molecule is COC(=O)[C@@H]1CC[C@@H](O[C@H]2CCCCO2)[C@H](O)C1. The van der Waals surface area contributed by atoms with E-state index in [1.165, 1.54) is 7.11 Å². The molecule has 1 aliphatic carbocycles. The van der Waals surface area contributed by atoms with Gasteiger partial charge in [-0.25, -0.2) is 0 Å². The third-order valence-electron chi connectivity index (χ3n) is 3.75. The van der Waals surface area contributed by atoms with E-state index >= 15 is 0 Å². The summed E-state index contributed by atoms with van der Waals surface area (Å²) in [6, 6.07) is 0. The highest BCUT2D eigenvalue weighted by Crippen LogP contribution is 2.29. The van der Waals surface area contributed by atoms with Crippen LogP contribution in [0.4, 0.5) is 0 Å². The Bertz CT molecular complexity index is 275. The maximum Gasteiger partial charge on any atom is 0.308 e. The van der Waals surface area contributed by atoms with Gasteiger partial charge in [0, 0.05) is 6.61 Å². The first kappa shape index (κ1) is 13.8. The number of esters is 1. The van der Waals surface area contributed by atoms with Gasteiger partial charge in [0.1, 0.15) is 0 Å². The van der Waals surface area contributed by atoms with Crippen LogP contribution in [-0.2, 0) is 19.0 Å². The van der Waals surface area contributed by atoms with Gasteiger partial charge in [-0.1, -0.05) is 0 Å². The number of aliphatic hydroxyl groups is 1. The van der Waals surface area contributed by atoms with Gasteiger partial charge in [0.25, 0.3) is 0 Å². The van der Waals surface area contributed by atoms with Crippen LogP contribution in [0.5, 0.6) is 0 Å². The third-order valence-corrected chi connectivity index (χ3v) is 3.75. The molecule has 0 bridgehead atoms. The molecular weight excluding hydrogens is 236 g/mol. The molecule has 1 saturated heterocycles. The van der Waals surface area contributed by atoms with Gasteiger partial charge in [-0.15, -0.1) is 0 Å². The van der Waals surface area contributed by atoms with Gasteiger partial charge in [0.15, 0.2) is 6.29 Å². The van der Waals surface area contributed by atoms with E-state index in [0.717, 1.165) is 25.9 Å². The number of rotatable bonds is 3. The molecule has 2 fully saturated rings. The van der Waals surface area contributed by atoms with Crippen molar-refractivity contribution in [2.45, 2.75) is 57.0 Å². The van der Waals surface area contributed by atoms with Crippen molar-refractivity contribution in [3.63, 3.8) is 0 Å². The summed E-state index contributed by atoms with van der Waals surface area (Å²) in [6.45, 7) is 0.734. The van der Waals surface area contributed by atoms with Crippen LogP contribution in [0.1, 0.15) is 38.5 Å². The fourth-order valence-corrected chi connectivity index (χ4v) is 2.67. The third kappa shape index (κ3) is 3.43. The molecule has 1 saturated carbocycles. The van der Waals surface area contributed by atoms with Crippen molar-refractivity contribution in [3.8, 4) is 0 Å². The maximum atomic E-state index is 11.4. The fourth-order valence-electron chi connectivity index (χ4n) is 2.67. The Labute approximate surface area is 107 Å². The molecule has 4 atom stereocenters. The predicted molar refractivity (Wildman–Crippen MR) is 63.8 cm³/mol. The first-order valence-corrected chi connectivity index (χ1v) is 6.73. The van der Waals surface area contributed by atoms with Gasteiger partial charge in [0.2, 0.25) is 0 Å². The summed E-state index contributed by atoms with van der Waals surface area (Å²) in [7, 11) is 1.38. The summed E-state index contributed by atoms with van der Waals surface area (Å²) in [4.78, 5) is 11.4. The zero-order valence-electron chi connectivity index (χ0n) is 10.8. The van der Waals surface area contributed by atoms with Gasteiger partial charge in [-0.05, 0) is 38.5 Å². The molecule has 2 rings (SSSR count). The zero-order chi connectivity index (χ0) is 13.0. The molecule has 5 heteroatoms. The Morgan fingerprint density at radius 2 is 2.11 bits per heavy atom. The van der Waals surface area contributed by atoms with Crippen LogP contribution in [0.3, 0.4) is 0 Å². The summed E-state index contributed by atoms with van der Waals surface area (Å²) in [5.41, 5.74) is 0. The van der Waals surface area contributed by atoms with Crippen molar-refractivity contribution in [3.05, 3.63) is 0 Å². The Morgan fingerprint density at radius 3 is 2.72 bits per heavy atom. The Hall–Kier alpha value is -0.650. The minimum Gasteiger partial charge on any atom is -0.469 e. The normalized spacial score (nSPS) is 37.2. The van der Waals surface area contributed by atoms with E-state index in [9.17, 15) is 9.90 Å². The van der Waals surface area contributed by atoms with Crippen LogP contribution in [0.25, 0.3) is 0 Å². The summed E-state index contributed by atoms with van der Waals surface area (Å²) >= 11 is 0. The topological polar surface area (TPSA) is 65.0 Å². The second kappa shape index (κ2) is 6.50. The first-order chi connectivity index (χ1) is 8.70. The van der Waals surface area contributed by atoms with Crippen molar-refractivity contribution in [1.82, 2.24) is 0 Å². The standard InChI is InChI=1S/C13H22O5/c1-16-13(15)9-5-6-11(10(14)8-9)18-12-4-2-3-7-17-12/h9-12,14H,2-8H2,1H3/t9-,10-,11-,12+/m1/s1. The number of aliphatic hydroxyl groups excluding tert-OH is 1. The highest BCUT2D eigenvalue weighted by molar-refractivity contribution is 5.72. The molecule has 0 spiro atoms. The smallest absolute Gasteiger partial charge is 0.308 e. The van der Waals surface area contributed by atoms with Crippen molar-refractivity contribution in [1.29, 1.82) is 0 Å². The van der Waals surface area contributed by atoms with E-state index in [1.54, 1.807) is 0 Å². The Balaban J connectivity index is 1.79. The van der Waals surface area contributed by atoms with E-state index in [-0.39, 0.29) is 24.3 Å². The zero-order valence-corrected chi connectivity index (χ0v) is 10.8. The summed E-state index contributed by atoms with van der Waals surface area (Å²) in [6.07, 6.45) is 3.89. The maximum absolute atomic E-state index is 11.4. The van der Waals surface area contributed by atoms with Gasteiger partial charge in [0.05, 0.1) is 25.2 Å². The lowest BCUT2D eigenvalue weighted by Gasteiger charge is -2.35. The van der Waals surface area contributed by atoms with Crippen LogP contribution in [0, 0.1) is 5.92 Å².